The van der Waals surface area contributed by atoms with E-state index in [1.165, 1.54) is 6.07 Å². The molecule has 5 heteroatoms. The highest BCUT2D eigenvalue weighted by molar-refractivity contribution is 7.80. The lowest BCUT2D eigenvalue weighted by molar-refractivity contribution is -0.119. The minimum atomic E-state index is -0.401. The van der Waals surface area contributed by atoms with Crippen molar-refractivity contribution in [3.8, 4) is 0 Å². The summed E-state index contributed by atoms with van der Waals surface area (Å²) in [7, 11) is 0. The van der Waals surface area contributed by atoms with Crippen LogP contribution in [0.3, 0.4) is 0 Å². The Labute approximate surface area is 118 Å². The molecule has 0 unspecified atom stereocenters. The van der Waals surface area contributed by atoms with Crippen LogP contribution < -0.4 is 10.6 Å². The number of hydrogen-bond acceptors (Lipinski definition) is 2. The summed E-state index contributed by atoms with van der Waals surface area (Å²) in [4.78, 5) is 11.6. The van der Waals surface area contributed by atoms with Gasteiger partial charge in [0.15, 0.2) is 5.11 Å². The van der Waals surface area contributed by atoms with Crippen molar-refractivity contribution >= 4 is 28.9 Å². The molecule has 1 aromatic carbocycles. The lowest BCUT2D eigenvalue weighted by Gasteiger charge is -2.10. The van der Waals surface area contributed by atoms with Crippen molar-refractivity contribution in [3.63, 3.8) is 0 Å². The first-order valence-electron chi connectivity index (χ1n) is 6.49. The normalized spacial score (nSPS) is 10.0. The molecule has 2 N–H and O–H groups in total. The number of halogens is 1. The van der Waals surface area contributed by atoms with Crippen molar-refractivity contribution in [2.24, 2.45) is 0 Å². The minimum Gasteiger partial charge on any atom is -0.330 e. The maximum absolute atomic E-state index is 13.3. The van der Waals surface area contributed by atoms with Gasteiger partial charge < -0.3 is 10.6 Å². The van der Waals surface area contributed by atoms with Crippen LogP contribution in [0, 0.1) is 5.82 Å². The van der Waals surface area contributed by atoms with E-state index in [1.54, 1.807) is 18.2 Å². The van der Waals surface area contributed by atoms with E-state index in [0.717, 1.165) is 25.7 Å². The van der Waals surface area contributed by atoms with Crippen molar-refractivity contribution in [1.82, 2.24) is 5.32 Å². The molecule has 0 aliphatic heterocycles. The van der Waals surface area contributed by atoms with E-state index in [4.69, 9.17) is 12.2 Å². The van der Waals surface area contributed by atoms with Crippen LogP contribution in [0.25, 0.3) is 0 Å². The molecule has 1 aromatic rings. The molecule has 19 heavy (non-hydrogen) atoms. The van der Waals surface area contributed by atoms with E-state index in [9.17, 15) is 9.18 Å². The van der Waals surface area contributed by atoms with Gasteiger partial charge in [0.05, 0.1) is 5.69 Å². The van der Waals surface area contributed by atoms with Gasteiger partial charge in [-0.1, -0.05) is 38.3 Å². The zero-order chi connectivity index (χ0) is 14.1. The SMILES string of the molecule is CCCCCCC(=O)NC(=S)Nc1ccccc1F. The van der Waals surface area contributed by atoms with Crippen LogP contribution in [-0.4, -0.2) is 11.0 Å². The predicted molar refractivity (Wildman–Crippen MR) is 79.5 cm³/mol. The third-order valence-electron chi connectivity index (χ3n) is 2.63. The summed E-state index contributed by atoms with van der Waals surface area (Å²) in [6.07, 6.45) is 4.60. The summed E-state index contributed by atoms with van der Waals surface area (Å²) in [5, 5.41) is 5.34. The second-order valence-corrected chi connectivity index (χ2v) is 4.70. The number of amides is 1. The summed E-state index contributed by atoms with van der Waals surface area (Å²) in [5.74, 6) is -0.535. The van der Waals surface area contributed by atoms with Crippen molar-refractivity contribution in [1.29, 1.82) is 0 Å². The van der Waals surface area contributed by atoms with E-state index in [1.807, 2.05) is 0 Å². The van der Waals surface area contributed by atoms with Crippen LogP contribution in [0.1, 0.15) is 39.0 Å². The zero-order valence-corrected chi connectivity index (χ0v) is 11.9. The van der Waals surface area contributed by atoms with E-state index >= 15 is 0 Å². The van der Waals surface area contributed by atoms with Crippen LogP contribution in [0.5, 0.6) is 0 Å². The van der Waals surface area contributed by atoms with Crippen molar-refractivity contribution in [3.05, 3.63) is 30.1 Å². The molecule has 0 saturated carbocycles. The Morgan fingerprint density at radius 1 is 1.26 bits per heavy atom. The van der Waals surface area contributed by atoms with Gasteiger partial charge in [0, 0.05) is 6.42 Å². The van der Waals surface area contributed by atoms with Gasteiger partial charge in [-0.05, 0) is 30.8 Å². The van der Waals surface area contributed by atoms with Crippen LogP contribution in [0.2, 0.25) is 0 Å². The Morgan fingerprint density at radius 3 is 2.68 bits per heavy atom. The number of unbranched alkanes of at least 4 members (excludes halogenated alkanes) is 3. The number of hydrogen-bond donors (Lipinski definition) is 2. The molecule has 0 aliphatic carbocycles. The van der Waals surface area contributed by atoms with E-state index in [0.29, 0.717) is 6.42 Å². The maximum atomic E-state index is 13.3. The van der Waals surface area contributed by atoms with Gasteiger partial charge in [0.25, 0.3) is 0 Å². The van der Waals surface area contributed by atoms with E-state index in [2.05, 4.69) is 17.6 Å². The number of carbonyl (C=O) groups is 1. The number of rotatable bonds is 6. The number of nitrogens with one attached hydrogen (secondary N) is 2. The second kappa shape index (κ2) is 8.58. The first-order valence-corrected chi connectivity index (χ1v) is 6.89. The highest BCUT2D eigenvalue weighted by Gasteiger charge is 2.06. The molecule has 0 atom stereocenters. The molecule has 0 radical (unpaired) electrons. The van der Waals surface area contributed by atoms with Crippen LogP contribution >= 0.6 is 12.2 Å². The molecule has 104 valence electrons. The average molecular weight is 282 g/mol. The Balaban J connectivity index is 2.31. The Hall–Kier alpha value is -1.49. The maximum Gasteiger partial charge on any atom is 0.226 e. The highest BCUT2D eigenvalue weighted by atomic mass is 32.1. The third kappa shape index (κ3) is 6.29. The van der Waals surface area contributed by atoms with Gasteiger partial charge in [0.1, 0.15) is 5.82 Å². The molecule has 0 heterocycles. The van der Waals surface area contributed by atoms with Gasteiger partial charge in [-0.3, -0.25) is 4.79 Å². The number of carbonyl (C=O) groups excluding carboxylic acids is 1. The molecule has 1 amide bonds. The summed E-state index contributed by atoms with van der Waals surface area (Å²) in [6, 6.07) is 6.18. The molecule has 3 nitrogen and oxygen atoms in total. The van der Waals surface area contributed by atoms with Crippen molar-refractivity contribution < 1.29 is 9.18 Å². The van der Waals surface area contributed by atoms with Crippen LogP contribution in [0.15, 0.2) is 24.3 Å². The minimum absolute atomic E-state index is 0.130. The second-order valence-electron chi connectivity index (χ2n) is 4.29. The number of benzene rings is 1. The van der Waals surface area contributed by atoms with Gasteiger partial charge in [-0.2, -0.15) is 0 Å². The molecule has 1 rings (SSSR count). The monoisotopic (exact) mass is 282 g/mol. The van der Waals surface area contributed by atoms with Gasteiger partial charge in [-0.15, -0.1) is 0 Å². The molecule has 0 aromatic heterocycles. The molecule has 0 bridgehead atoms. The Morgan fingerprint density at radius 2 is 2.00 bits per heavy atom. The topological polar surface area (TPSA) is 41.1 Å². The quantitative estimate of drug-likeness (QED) is 0.618. The smallest absolute Gasteiger partial charge is 0.226 e. The Bertz CT molecular complexity index is 437. The average Bonchev–Trinajstić information content (AvgIpc) is 2.37. The molecule has 0 fully saturated rings. The van der Waals surface area contributed by atoms with Crippen molar-refractivity contribution in [2.45, 2.75) is 39.0 Å². The van der Waals surface area contributed by atoms with Gasteiger partial charge in [-0.25, -0.2) is 4.39 Å². The fraction of sp³-hybridized carbons (Fsp3) is 0.429. The molecular weight excluding hydrogens is 263 g/mol. The van der Waals surface area contributed by atoms with E-state index in [-0.39, 0.29) is 16.7 Å². The summed E-state index contributed by atoms with van der Waals surface area (Å²) >= 11 is 4.96. The fourth-order valence-electron chi connectivity index (χ4n) is 1.62. The number of thiocarbonyl (C=S) groups is 1. The first-order chi connectivity index (χ1) is 9.13. The van der Waals surface area contributed by atoms with Gasteiger partial charge in [0.2, 0.25) is 5.91 Å². The molecule has 0 aliphatic rings. The standard InChI is InChI=1S/C14H19FN2OS/c1-2-3-4-5-10-13(18)17-14(19)16-12-9-7-6-8-11(12)15/h6-9H,2-5,10H2,1H3,(H2,16,17,18,19). The van der Waals surface area contributed by atoms with E-state index < -0.39 is 5.82 Å². The summed E-state index contributed by atoms with van der Waals surface area (Å²) in [6.45, 7) is 2.12. The fourth-order valence-corrected chi connectivity index (χ4v) is 1.84. The molecular formula is C14H19FN2OS. The van der Waals surface area contributed by atoms with Crippen molar-refractivity contribution in [2.75, 3.05) is 5.32 Å². The van der Waals surface area contributed by atoms with Crippen LogP contribution in [0.4, 0.5) is 10.1 Å². The molecule has 0 spiro atoms. The molecule has 0 saturated heterocycles. The van der Waals surface area contributed by atoms with Crippen LogP contribution in [-0.2, 0) is 4.79 Å². The lowest BCUT2D eigenvalue weighted by Crippen LogP contribution is -2.34. The lowest BCUT2D eigenvalue weighted by atomic mass is 10.1. The Kier molecular flexibility index (Phi) is 7.03. The summed E-state index contributed by atoms with van der Waals surface area (Å²) in [5.41, 5.74) is 0.263. The predicted octanol–water partition coefficient (Wildman–Crippen LogP) is 3.61. The number of para-hydroxylation sites is 1. The largest absolute Gasteiger partial charge is 0.330 e. The highest BCUT2D eigenvalue weighted by Crippen LogP contribution is 2.12. The first kappa shape index (κ1) is 15.6. The summed E-state index contributed by atoms with van der Waals surface area (Å²) < 4.78 is 13.3. The zero-order valence-electron chi connectivity index (χ0n) is 11.0. The number of anilines is 1. The third-order valence-corrected chi connectivity index (χ3v) is 2.84. The van der Waals surface area contributed by atoms with Gasteiger partial charge >= 0.3 is 0 Å².